The summed E-state index contributed by atoms with van der Waals surface area (Å²) in [6.45, 7) is 3.92. The minimum Gasteiger partial charge on any atom is -0.346 e. The van der Waals surface area contributed by atoms with Crippen LogP contribution in [0.2, 0.25) is 0 Å². The second-order valence-electron chi connectivity index (χ2n) is 4.68. The highest BCUT2D eigenvalue weighted by atomic mass is 19.1. The summed E-state index contributed by atoms with van der Waals surface area (Å²) in [6, 6.07) is 6.65. The average Bonchev–Trinajstić information content (AvgIpc) is 2.68. The minimum absolute atomic E-state index is 0.160. The molecule has 1 unspecified atom stereocenters. The highest BCUT2D eigenvalue weighted by molar-refractivity contribution is 5.61. The van der Waals surface area contributed by atoms with Gasteiger partial charge in [-0.25, -0.2) is 9.37 Å². The van der Waals surface area contributed by atoms with Crippen LogP contribution in [0.5, 0.6) is 0 Å². The number of imidazole rings is 1. The molecule has 1 heterocycles. The third kappa shape index (κ3) is 2.96. The lowest BCUT2D eigenvalue weighted by Crippen LogP contribution is -2.15. The number of benzene rings is 1. The monoisotopic (exact) mass is 247 g/mol. The standard InChI is InChI=1S/C14H18FN3/c1-9(16)6-7-13-17-10(2)14(18-13)11-4-3-5-12(15)8-11/h3-5,8-9H,6-7,16H2,1-2H3,(H,17,18). The highest BCUT2D eigenvalue weighted by Gasteiger charge is 2.10. The van der Waals surface area contributed by atoms with Crippen LogP contribution in [0.25, 0.3) is 11.3 Å². The van der Waals surface area contributed by atoms with Crippen LogP contribution in [0.4, 0.5) is 4.39 Å². The molecule has 0 aliphatic carbocycles. The Bertz CT molecular complexity index is 532. The topological polar surface area (TPSA) is 54.7 Å². The van der Waals surface area contributed by atoms with Crippen LogP contribution in [0, 0.1) is 12.7 Å². The van der Waals surface area contributed by atoms with Gasteiger partial charge in [0, 0.05) is 23.7 Å². The first-order valence-electron chi connectivity index (χ1n) is 6.13. The molecule has 0 radical (unpaired) electrons. The number of halogens is 1. The van der Waals surface area contributed by atoms with Crippen molar-refractivity contribution in [3.8, 4) is 11.3 Å². The number of aromatic nitrogens is 2. The van der Waals surface area contributed by atoms with E-state index in [2.05, 4.69) is 9.97 Å². The molecule has 0 saturated heterocycles. The highest BCUT2D eigenvalue weighted by Crippen LogP contribution is 2.22. The molecule has 96 valence electrons. The van der Waals surface area contributed by atoms with E-state index in [1.54, 1.807) is 6.07 Å². The Balaban J connectivity index is 2.24. The van der Waals surface area contributed by atoms with E-state index in [0.29, 0.717) is 0 Å². The number of nitrogens with two attached hydrogens (primary N) is 1. The Morgan fingerprint density at radius 2 is 2.22 bits per heavy atom. The number of nitrogens with zero attached hydrogens (tertiary/aromatic N) is 1. The van der Waals surface area contributed by atoms with Gasteiger partial charge in [-0.2, -0.15) is 0 Å². The van der Waals surface area contributed by atoms with Gasteiger partial charge in [0.1, 0.15) is 11.6 Å². The molecule has 2 rings (SSSR count). The molecule has 2 aromatic rings. The van der Waals surface area contributed by atoms with Crippen LogP contribution < -0.4 is 5.73 Å². The fraction of sp³-hybridized carbons (Fsp3) is 0.357. The number of hydrogen-bond donors (Lipinski definition) is 2. The van der Waals surface area contributed by atoms with E-state index in [1.165, 1.54) is 12.1 Å². The predicted molar refractivity (Wildman–Crippen MR) is 70.7 cm³/mol. The third-order valence-electron chi connectivity index (χ3n) is 2.87. The minimum atomic E-state index is -0.243. The summed E-state index contributed by atoms with van der Waals surface area (Å²) >= 11 is 0. The van der Waals surface area contributed by atoms with Crippen molar-refractivity contribution in [3.05, 3.63) is 41.6 Å². The summed E-state index contributed by atoms with van der Waals surface area (Å²) in [5.74, 6) is 0.663. The fourth-order valence-electron chi connectivity index (χ4n) is 1.92. The largest absolute Gasteiger partial charge is 0.346 e. The molecule has 4 heteroatoms. The molecule has 1 atom stereocenters. The van der Waals surface area contributed by atoms with E-state index in [9.17, 15) is 4.39 Å². The maximum absolute atomic E-state index is 13.2. The van der Waals surface area contributed by atoms with Crippen LogP contribution in [0.15, 0.2) is 24.3 Å². The molecular formula is C14H18FN3. The summed E-state index contributed by atoms with van der Waals surface area (Å²) < 4.78 is 13.2. The average molecular weight is 247 g/mol. The summed E-state index contributed by atoms with van der Waals surface area (Å²) in [4.78, 5) is 7.74. The summed E-state index contributed by atoms with van der Waals surface area (Å²) in [7, 11) is 0. The molecule has 1 aromatic heterocycles. The first-order chi connectivity index (χ1) is 8.56. The lowest BCUT2D eigenvalue weighted by molar-refractivity contribution is 0.628. The van der Waals surface area contributed by atoms with Crippen LogP contribution in [0.1, 0.15) is 24.9 Å². The van der Waals surface area contributed by atoms with Crippen molar-refractivity contribution < 1.29 is 4.39 Å². The van der Waals surface area contributed by atoms with Crippen LogP contribution in [-0.4, -0.2) is 16.0 Å². The van der Waals surface area contributed by atoms with Crippen molar-refractivity contribution in [2.45, 2.75) is 32.7 Å². The van der Waals surface area contributed by atoms with Gasteiger partial charge in [0.25, 0.3) is 0 Å². The van der Waals surface area contributed by atoms with Crippen LogP contribution in [0.3, 0.4) is 0 Å². The number of hydrogen-bond acceptors (Lipinski definition) is 2. The van der Waals surface area contributed by atoms with Gasteiger partial charge < -0.3 is 10.7 Å². The summed E-state index contributed by atoms with van der Waals surface area (Å²) in [5.41, 5.74) is 8.30. The maximum atomic E-state index is 13.2. The number of H-pyrrole nitrogens is 1. The van der Waals surface area contributed by atoms with Gasteiger partial charge in [0.2, 0.25) is 0 Å². The Hall–Kier alpha value is -1.68. The summed E-state index contributed by atoms with van der Waals surface area (Å²) in [6.07, 6.45) is 1.70. The molecule has 3 N–H and O–H groups in total. The number of aromatic amines is 1. The molecule has 0 saturated carbocycles. The third-order valence-corrected chi connectivity index (χ3v) is 2.87. The van der Waals surface area contributed by atoms with E-state index in [4.69, 9.17) is 5.73 Å². The van der Waals surface area contributed by atoms with Gasteiger partial charge >= 0.3 is 0 Å². The molecule has 0 bridgehead atoms. The molecule has 18 heavy (non-hydrogen) atoms. The molecule has 1 aromatic carbocycles. The van der Waals surface area contributed by atoms with Crippen molar-refractivity contribution in [3.63, 3.8) is 0 Å². The molecular weight excluding hydrogens is 229 g/mol. The number of aryl methyl sites for hydroxylation is 2. The molecule has 3 nitrogen and oxygen atoms in total. The predicted octanol–water partition coefficient (Wildman–Crippen LogP) is 2.80. The molecule has 0 amide bonds. The molecule has 0 spiro atoms. The van der Waals surface area contributed by atoms with E-state index in [0.717, 1.165) is 35.6 Å². The second-order valence-corrected chi connectivity index (χ2v) is 4.68. The Kier molecular flexibility index (Phi) is 3.77. The fourth-order valence-corrected chi connectivity index (χ4v) is 1.92. The van der Waals surface area contributed by atoms with E-state index in [1.807, 2.05) is 19.9 Å². The zero-order chi connectivity index (χ0) is 13.1. The Morgan fingerprint density at radius 1 is 1.44 bits per heavy atom. The van der Waals surface area contributed by atoms with E-state index >= 15 is 0 Å². The van der Waals surface area contributed by atoms with Gasteiger partial charge in [-0.05, 0) is 32.4 Å². The SMILES string of the molecule is Cc1[nH]c(CCC(C)N)nc1-c1cccc(F)c1. The second kappa shape index (κ2) is 5.31. The Morgan fingerprint density at radius 3 is 2.89 bits per heavy atom. The zero-order valence-corrected chi connectivity index (χ0v) is 10.7. The lowest BCUT2D eigenvalue weighted by atomic mass is 10.1. The normalized spacial score (nSPS) is 12.7. The van der Waals surface area contributed by atoms with Crippen molar-refractivity contribution in [2.24, 2.45) is 5.73 Å². The van der Waals surface area contributed by atoms with Crippen molar-refractivity contribution in [2.75, 3.05) is 0 Å². The van der Waals surface area contributed by atoms with Gasteiger partial charge in [0.15, 0.2) is 0 Å². The number of rotatable bonds is 4. The van der Waals surface area contributed by atoms with Gasteiger partial charge in [-0.15, -0.1) is 0 Å². The lowest BCUT2D eigenvalue weighted by Gasteiger charge is -2.01. The molecule has 0 aliphatic heterocycles. The van der Waals surface area contributed by atoms with Crippen molar-refractivity contribution in [1.29, 1.82) is 0 Å². The first kappa shape index (κ1) is 12.8. The smallest absolute Gasteiger partial charge is 0.123 e. The van der Waals surface area contributed by atoms with Gasteiger partial charge in [0.05, 0.1) is 5.69 Å². The molecule has 0 fully saturated rings. The number of nitrogens with one attached hydrogen (secondary N) is 1. The zero-order valence-electron chi connectivity index (χ0n) is 10.7. The quantitative estimate of drug-likeness (QED) is 0.872. The van der Waals surface area contributed by atoms with Gasteiger partial charge in [-0.3, -0.25) is 0 Å². The molecule has 0 aliphatic rings. The first-order valence-corrected chi connectivity index (χ1v) is 6.13. The van der Waals surface area contributed by atoms with Crippen LogP contribution in [-0.2, 0) is 6.42 Å². The summed E-state index contributed by atoms with van der Waals surface area (Å²) in [5, 5.41) is 0. The van der Waals surface area contributed by atoms with Crippen molar-refractivity contribution in [1.82, 2.24) is 9.97 Å². The maximum Gasteiger partial charge on any atom is 0.123 e. The van der Waals surface area contributed by atoms with E-state index in [-0.39, 0.29) is 11.9 Å². The Labute approximate surface area is 106 Å². The van der Waals surface area contributed by atoms with Crippen molar-refractivity contribution >= 4 is 0 Å². The van der Waals surface area contributed by atoms with Gasteiger partial charge in [-0.1, -0.05) is 12.1 Å². The van der Waals surface area contributed by atoms with E-state index < -0.39 is 0 Å². The van der Waals surface area contributed by atoms with Crippen LogP contribution >= 0.6 is 0 Å².